The summed E-state index contributed by atoms with van der Waals surface area (Å²) in [5.74, 6) is 0.906. The number of esters is 1. The molecule has 2 saturated carbocycles. The van der Waals surface area contributed by atoms with E-state index in [1.54, 1.807) is 18.2 Å². The van der Waals surface area contributed by atoms with Crippen molar-refractivity contribution in [3.63, 3.8) is 0 Å². The molecule has 2 aliphatic carbocycles. The van der Waals surface area contributed by atoms with Gasteiger partial charge in [0.1, 0.15) is 5.75 Å². The summed E-state index contributed by atoms with van der Waals surface area (Å²) in [6, 6.07) is 5.19. The average molecular weight is 411 g/mol. The van der Waals surface area contributed by atoms with Crippen LogP contribution in [0.15, 0.2) is 18.2 Å². The van der Waals surface area contributed by atoms with Crippen LogP contribution in [0.1, 0.15) is 56.3 Å². The van der Waals surface area contributed by atoms with Crippen molar-refractivity contribution in [2.45, 2.75) is 58.1 Å². The standard InChI is InChI=1S/C21H30N2O4.ClH/c1-12(2)27-18-8-7-15(21(25)26-3)11-17(18)23-20(24)16-9-13-5-4-6-14(10-16)19(13)22;/h7-8,11-14,16,19H,4-6,9-10,22H2,1-3H3,(H,23,24);1H. The molecule has 2 atom stereocenters. The van der Waals surface area contributed by atoms with Crippen LogP contribution >= 0.6 is 12.4 Å². The molecule has 2 unspecified atom stereocenters. The molecule has 6 nitrogen and oxygen atoms in total. The minimum absolute atomic E-state index is 0. The summed E-state index contributed by atoms with van der Waals surface area (Å²) in [6.45, 7) is 3.84. The van der Waals surface area contributed by atoms with E-state index in [-0.39, 0.29) is 36.4 Å². The van der Waals surface area contributed by atoms with Crippen LogP contribution < -0.4 is 15.8 Å². The number of hydrogen-bond acceptors (Lipinski definition) is 5. The van der Waals surface area contributed by atoms with Crippen LogP contribution in [0.2, 0.25) is 0 Å². The fourth-order valence-electron chi connectivity index (χ4n) is 4.47. The zero-order valence-corrected chi connectivity index (χ0v) is 17.6. The molecule has 0 aromatic heterocycles. The topological polar surface area (TPSA) is 90.6 Å². The highest BCUT2D eigenvalue weighted by Gasteiger charge is 2.40. The molecule has 0 spiro atoms. The third-order valence-electron chi connectivity index (χ3n) is 5.81. The van der Waals surface area contributed by atoms with Gasteiger partial charge < -0.3 is 20.5 Å². The number of nitrogens with two attached hydrogens (primary N) is 1. The lowest BCUT2D eigenvalue weighted by atomic mass is 9.65. The molecule has 0 heterocycles. The molecule has 0 saturated heterocycles. The number of hydrogen-bond donors (Lipinski definition) is 2. The summed E-state index contributed by atoms with van der Waals surface area (Å²) in [7, 11) is 1.34. The van der Waals surface area contributed by atoms with Crippen LogP contribution in [-0.2, 0) is 9.53 Å². The van der Waals surface area contributed by atoms with Crippen LogP contribution in [0.3, 0.4) is 0 Å². The van der Waals surface area contributed by atoms with Crippen LogP contribution in [0, 0.1) is 17.8 Å². The van der Waals surface area contributed by atoms with Crippen molar-refractivity contribution in [2.75, 3.05) is 12.4 Å². The summed E-state index contributed by atoms with van der Waals surface area (Å²) >= 11 is 0. The van der Waals surface area contributed by atoms with Gasteiger partial charge >= 0.3 is 5.97 Å². The molecule has 156 valence electrons. The molecule has 3 N–H and O–H groups in total. The second-order valence-corrected chi connectivity index (χ2v) is 8.06. The lowest BCUT2D eigenvalue weighted by molar-refractivity contribution is -0.122. The predicted molar refractivity (Wildman–Crippen MR) is 111 cm³/mol. The Morgan fingerprint density at radius 2 is 1.82 bits per heavy atom. The van der Waals surface area contributed by atoms with E-state index < -0.39 is 5.97 Å². The summed E-state index contributed by atoms with van der Waals surface area (Å²) in [4.78, 5) is 24.8. The normalized spacial score (nSPS) is 26.2. The number of fused-ring (bicyclic) bond motifs is 2. The van der Waals surface area contributed by atoms with Gasteiger partial charge in [0, 0.05) is 12.0 Å². The minimum atomic E-state index is -0.445. The minimum Gasteiger partial charge on any atom is -0.489 e. The Labute approximate surface area is 172 Å². The number of methoxy groups -OCH3 is 1. The summed E-state index contributed by atoms with van der Waals surface area (Å²) in [5, 5.41) is 3.00. The van der Waals surface area contributed by atoms with E-state index in [1.807, 2.05) is 13.8 Å². The van der Waals surface area contributed by atoms with Crippen molar-refractivity contribution < 1.29 is 19.1 Å². The lowest BCUT2D eigenvalue weighted by Crippen LogP contribution is -2.48. The van der Waals surface area contributed by atoms with Gasteiger partial charge in [0.05, 0.1) is 24.5 Å². The van der Waals surface area contributed by atoms with Crippen molar-refractivity contribution in [2.24, 2.45) is 23.5 Å². The Morgan fingerprint density at radius 3 is 2.39 bits per heavy atom. The highest BCUT2D eigenvalue weighted by Crippen LogP contribution is 2.42. The SMILES string of the molecule is COC(=O)c1ccc(OC(C)C)c(NC(=O)C2CC3CCCC(C2)C3N)c1.Cl. The number of nitrogens with one attached hydrogen (secondary N) is 1. The molecule has 7 heteroatoms. The van der Waals surface area contributed by atoms with Crippen molar-refractivity contribution in [1.82, 2.24) is 0 Å². The van der Waals surface area contributed by atoms with Crippen molar-refractivity contribution in [3.05, 3.63) is 23.8 Å². The van der Waals surface area contributed by atoms with E-state index in [9.17, 15) is 9.59 Å². The van der Waals surface area contributed by atoms with Gasteiger partial charge in [0.15, 0.2) is 0 Å². The van der Waals surface area contributed by atoms with E-state index in [0.29, 0.717) is 28.8 Å². The Bertz CT molecular complexity index is 696. The maximum Gasteiger partial charge on any atom is 0.337 e. The lowest BCUT2D eigenvalue weighted by Gasteiger charge is -2.43. The Balaban J connectivity index is 0.00000280. The van der Waals surface area contributed by atoms with Crippen molar-refractivity contribution in [1.29, 1.82) is 0 Å². The molecule has 0 radical (unpaired) electrons. The molecule has 1 aromatic carbocycles. The van der Waals surface area contributed by atoms with Gasteiger partial charge in [-0.25, -0.2) is 4.79 Å². The number of ether oxygens (including phenoxy) is 2. The van der Waals surface area contributed by atoms with Crippen molar-refractivity contribution in [3.8, 4) is 5.75 Å². The highest BCUT2D eigenvalue weighted by atomic mass is 35.5. The molecule has 0 aliphatic heterocycles. The maximum atomic E-state index is 13.0. The Hall–Kier alpha value is -1.79. The molecular formula is C21H31ClN2O4. The first-order valence-corrected chi connectivity index (χ1v) is 9.84. The van der Waals surface area contributed by atoms with Crippen LogP contribution in [0.5, 0.6) is 5.75 Å². The molecule has 2 bridgehead atoms. The van der Waals surface area contributed by atoms with Gasteiger partial charge in [-0.2, -0.15) is 0 Å². The maximum absolute atomic E-state index is 13.0. The largest absolute Gasteiger partial charge is 0.489 e. The van der Waals surface area contributed by atoms with Crippen LogP contribution in [-0.4, -0.2) is 31.1 Å². The number of amides is 1. The molecule has 3 rings (SSSR count). The molecule has 1 aromatic rings. The fraction of sp³-hybridized carbons (Fsp3) is 0.619. The smallest absolute Gasteiger partial charge is 0.337 e. The monoisotopic (exact) mass is 410 g/mol. The summed E-state index contributed by atoms with van der Waals surface area (Å²) < 4.78 is 10.6. The van der Waals surface area contributed by atoms with E-state index in [2.05, 4.69) is 5.32 Å². The molecule has 2 fully saturated rings. The van der Waals surface area contributed by atoms with Gasteiger partial charge in [-0.05, 0) is 69.6 Å². The third-order valence-corrected chi connectivity index (χ3v) is 5.81. The second kappa shape index (κ2) is 9.61. The number of benzene rings is 1. The number of rotatable bonds is 5. The van der Waals surface area contributed by atoms with Gasteiger partial charge in [0.2, 0.25) is 5.91 Å². The van der Waals surface area contributed by atoms with Gasteiger partial charge in [0.25, 0.3) is 0 Å². The first-order chi connectivity index (χ1) is 12.9. The van der Waals surface area contributed by atoms with E-state index >= 15 is 0 Å². The van der Waals surface area contributed by atoms with Crippen LogP contribution in [0.4, 0.5) is 5.69 Å². The Morgan fingerprint density at radius 1 is 1.18 bits per heavy atom. The molecular weight excluding hydrogens is 380 g/mol. The Kier molecular flexibility index (Phi) is 7.72. The van der Waals surface area contributed by atoms with Gasteiger partial charge in [-0.15, -0.1) is 12.4 Å². The fourth-order valence-corrected chi connectivity index (χ4v) is 4.47. The second-order valence-electron chi connectivity index (χ2n) is 8.06. The number of carbonyl (C=O) groups is 2. The number of anilines is 1. The van der Waals surface area contributed by atoms with Crippen molar-refractivity contribution >= 4 is 30.0 Å². The number of carbonyl (C=O) groups excluding carboxylic acids is 2. The zero-order chi connectivity index (χ0) is 19.6. The molecule has 1 amide bonds. The first kappa shape index (κ1) is 22.5. The van der Waals surface area contributed by atoms with Gasteiger partial charge in [-0.3, -0.25) is 4.79 Å². The predicted octanol–water partition coefficient (Wildman–Crippen LogP) is 3.77. The van der Waals surface area contributed by atoms with E-state index in [0.717, 1.165) is 25.7 Å². The first-order valence-electron chi connectivity index (χ1n) is 9.84. The summed E-state index contributed by atoms with van der Waals surface area (Å²) in [6.07, 6.45) is 5.06. The highest BCUT2D eigenvalue weighted by molar-refractivity contribution is 5.97. The molecule has 2 aliphatic rings. The number of halogens is 1. The van der Waals surface area contributed by atoms with Crippen LogP contribution in [0.25, 0.3) is 0 Å². The van der Waals surface area contributed by atoms with Gasteiger partial charge in [-0.1, -0.05) is 6.42 Å². The third kappa shape index (κ3) is 4.97. The molecule has 28 heavy (non-hydrogen) atoms. The average Bonchev–Trinajstić information content (AvgIpc) is 2.61. The van der Waals surface area contributed by atoms with E-state index in [1.165, 1.54) is 13.5 Å². The quantitative estimate of drug-likeness (QED) is 0.721. The zero-order valence-electron chi connectivity index (χ0n) is 16.8. The van der Waals surface area contributed by atoms with E-state index in [4.69, 9.17) is 15.2 Å². The summed E-state index contributed by atoms with van der Waals surface area (Å²) in [5.41, 5.74) is 7.24.